The molecule has 3 heterocycles. The van der Waals surface area contributed by atoms with Crippen molar-refractivity contribution in [2.24, 2.45) is 0 Å². The summed E-state index contributed by atoms with van der Waals surface area (Å²) in [6, 6.07) is 8.83. The normalized spacial score (nSPS) is 13.8. The molecule has 1 fully saturated rings. The Balaban J connectivity index is 1.52. The Kier molecular flexibility index (Phi) is 5.16. The summed E-state index contributed by atoms with van der Waals surface area (Å²) in [6.45, 7) is 4.59. The molecule has 2 aromatic heterocycles. The van der Waals surface area contributed by atoms with Gasteiger partial charge in [-0.15, -0.1) is 0 Å². The maximum Gasteiger partial charge on any atom is 0.316 e. The fourth-order valence-corrected chi connectivity index (χ4v) is 3.71. The minimum absolute atomic E-state index is 0.249. The molecular weight excluding hydrogens is 370 g/mol. The van der Waals surface area contributed by atoms with Crippen LogP contribution < -0.4 is 21.3 Å². The summed E-state index contributed by atoms with van der Waals surface area (Å²) in [5.41, 5.74) is 1.17. The summed E-state index contributed by atoms with van der Waals surface area (Å²) in [6.07, 6.45) is 4.12. The Bertz CT molecular complexity index is 1170. The number of pyridine rings is 1. The second-order valence-corrected chi connectivity index (χ2v) is 7.13. The molecule has 0 spiro atoms. The molecule has 8 heteroatoms. The van der Waals surface area contributed by atoms with Crippen molar-refractivity contribution in [3.63, 3.8) is 0 Å². The van der Waals surface area contributed by atoms with Crippen molar-refractivity contribution in [2.75, 3.05) is 18.0 Å². The summed E-state index contributed by atoms with van der Waals surface area (Å²) >= 11 is 0. The second-order valence-electron chi connectivity index (χ2n) is 7.13. The molecule has 3 aromatic rings. The fraction of sp³-hybridized carbons (Fsp3) is 0.333. The average Bonchev–Trinajstić information content (AvgIpc) is 3.28. The van der Waals surface area contributed by atoms with Gasteiger partial charge in [-0.2, -0.15) is 0 Å². The van der Waals surface area contributed by atoms with Crippen LogP contribution in [0.25, 0.3) is 11.0 Å². The maximum atomic E-state index is 12.6. The zero-order valence-corrected chi connectivity index (χ0v) is 16.3. The molecular formula is C21H23N5O3. The average molecular weight is 393 g/mol. The van der Waals surface area contributed by atoms with Gasteiger partial charge in [0.05, 0.1) is 11.0 Å². The number of H-pyrrole nitrogens is 1. The molecule has 1 aromatic carbocycles. The van der Waals surface area contributed by atoms with Crippen molar-refractivity contribution in [2.45, 2.75) is 32.9 Å². The van der Waals surface area contributed by atoms with Crippen molar-refractivity contribution in [3.05, 3.63) is 68.4 Å². The lowest BCUT2D eigenvalue weighted by Crippen LogP contribution is -2.36. The first kappa shape index (κ1) is 18.9. The monoisotopic (exact) mass is 393 g/mol. The van der Waals surface area contributed by atoms with Crippen molar-refractivity contribution in [1.29, 1.82) is 0 Å². The number of hydrogen-bond acceptors (Lipinski definition) is 5. The Morgan fingerprint density at radius 3 is 2.72 bits per heavy atom. The summed E-state index contributed by atoms with van der Waals surface area (Å²) in [5.74, 6) is 0.691. The first-order valence-corrected chi connectivity index (χ1v) is 9.82. The van der Waals surface area contributed by atoms with Crippen LogP contribution in [0.5, 0.6) is 0 Å². The second kappa shape index (κ2) is 7.90. The van der Waals surface area contributed by atoms with E-state index >= 15 is 0 Å². The smallest absolute Gasteiger partial charge is 0.316 e. The highest BCUT2D eigenvalue weighted by atomic mass is 16.2. The molecule has 0 bridgehead atoms. The number of benzene rings is 1. The zero-order chi connectivity index (χ0) is 20.4. The van der Waals surface area contributed by atoms with E-state index in [4.69, 9.17) is 0 Å². The van der Waals surface area contributed by atoms with Gasteiger partial charge in [0.15, 0.2) is 0 Å². The van der Waals surface area contributed by atoms with Crippen LogP contribution in [0.1, 0.15) is 35.7 Å². The van der Waals surface area contributed by atoms with Gasteiger partial charge in [0.25, 0.3) is 5.91 Å². The SMILES string of the molecule is CCn1c(=O)c(=O)[nH]c2cc(C(=O)NCc3ccnc(N4CCCC4)c3)ccc21. The van der Waals surface area contributed by atoms with Crippen LogP contribution in [0.15, 0.2) is 46.1 Å². The lowest BCUT2D eigenvalue weighted by molar-refractivity contribution is 0.0951. The van der Waals surface area contributed by atoms with Crippen LogP contribution in [0.3, 0.4) is 0 Å². The van der Waals surface area contributed by atoms with Gasteiger partial charge in [-0.1, -0.05) is 0 Å². The van der Waals surface area contributed by atoms with Crippen LogP contribution in [0, 0.1) is 0 Å². The van der Waals surface area contributed by atoms with E-state index in [1.165, 1.54) is 17.4 Å². The van der Waals surface area contributed by atoms with Crippen molar-refractivity contribution >= 4 is 22.8 Å². The largest absolute Gasteiger partial charge is 0.357 e. The lowest BCUT2D eigenvalue weighted by atomic mass is 10.1. The van der Waals surface area contributed by atoms with Gasteiger partial charge in [0, 0.05) is 37.9 Å². The molecule has 0 radical (unpaired) electrons. The molecule has 150 valence electrons. The Labute approximate surface area is 167 Å². The van der Waals surface area contributed by atoms with E-state index in [1.54, 1.807) is 31.3 Å². The number of anilines is 1. The number of aromatic nitrogens is 3. The topological polar surface area (TPSA) is 100 Å². The predicted octanol–water partition coefficient (Wildman–Crippen LogP) is 1.63. The zero-order valence-electron chi connectivity index (χ0n) is 16.3. The van der Waals surface area contributed by atoms with E-state index in [1.807, 2.05) is 12.1 Å². The van der Waals surface area contributed by atoms with E-state index in [9.17, 15) is 14.4 Å². The number of carbonyl (C=O) groups excluding carboxylic acids is 1. The van der Waals surface area contributed by atoms with Crippen molar-refractivity contribution in [3.8, 4) is 0 Å². The van der Waals surface area contributed by atoms with Crippen molar-refractivity contribution in [1.82, 2.24) is 19.9 Å². The third kappa shape index (κ3) is 3.78. The molecule has 1 saturated heterocycles. The molecule has 1 amide bonds. The lowest BCUT2D eigenvalue weighted by Gasteiger charge is -2.17. The van der Waals surface area contributed by atoms with E-state index < -0.39 is 11.1 Å². The number of carbonyl (C=O) groups is 1. The number of aryl methyl sites for hydroxylation is 1. The molecule has 0 unspecified atom stereocenters. The summed E-state index contributed by atoms with van der Waals surface area (Å²) < 4.78 is 1.40. The number of amides is 1. The highest BCUT2D eigenvalue weighted by molar-refractivity contribution is 5.97. The Morgan fingerprint density at radius 2 is 1.97 bits per heavy atom. The van der Waals surface area contributed by atoms with Crippen LogP contribution in [0.2, 0.25) is 0 Å². The van der Waals surface area contributed by atoms with Gasteiger partial charge < -0.3 is 19.8 Å². The highest BCUT2D eigenvalue weighted by Gasteiger charge is 2.14. The quantitative estimate of drug-likeness (QED) is 0.642. The van der Waals surface area contributed by atoms with Crippen molar-refractivity contribution < 1.29 is 4.79 Å². The molecule has 1 aliphatic heterocycles. The summed E-state index contributed by atoms with van der Waals surface area (Å²) in [4.78, 5) is 45.6. The molecule has 0 aliphatic carbocycles. The molecule has 2 N–H and O–H groups in total. The van der Waals surface area contributed by atoms with Gasteiger partial charge in [-0.25, -0.2) is 4.98 Å². The fourth-order valence-electron chi connectivity index (χ4n) is 3.71. The first-order valence-electron chi connectivity index (χ1n) is 9.82. The molecule has 8 nitrogen and oxygen atoms in total. The Hall–Kier alpha value is -3.42. The van der Waals surface area contributed by atoms with E-state index in [-0.39, 0.29) is 5.91 Å². The summed E-state index contributed by atoms with van der Waals surface area (Å²) in [7, 11) is 0. The van der Waals surface area contributed by atoms with E-state index in [2.05, 4.69) is 20.2 Å². The van der Waals surface area contributed by atoms with Gasteiger partial charge >= 0.3 is 11.1 Å². The minimum Gasteiger partial charge on any atom is -0.357 e. The van der Waals surface area contributed by atoms with E-state index in [0.717, 1.165) is 24.5 Å². The number of hydrogen-bond donors (Lipinski definition) is 2. The van der Waals surface area contributed by atoms with Gasteiger partial charge in [-0.05, 0) is 55.7 Å². The van der Waals surface area contributed by atoms with Gasteiger partial charge in [-0.3, -0.25) is 14.4 Å². The first-order chi connectivity index (χ1) is 14.1. The number of aromatic amines is 1. The summed E-state index contributed by atoms with van der Waals surface area (Å²) in [5, 5.41) is 2.91. The molecule has 4 rings (SSSR count). The molecule has 29 heavy (non-hydrogen) atoms. The highest BCUT2D eigenvalue weighted by Crippen LogP contribution is 2.18. The van der Waals surface area contributed by atoms with E-state index in [0.29, 0.717) is 29.7 Å². The Morgan fingerprint density at radius 1 is 1.17 bits per heavy atom. The number of fused-ring (bicyclic) bond motifs is 1. The van der Waals surface area contributed by atoms with Crippen LogP contribution in [-0.2, 0) is 13.1 Å². The third-order valence-corrected chi connectivity index (χ3v) is 5.25. The number of rotatable bonds is 5. The van der Waals surface area contributed by atoms with Crippen LogP contribution >= 0.6 is 0 Å². The minimum atomic E-state index is -0.692. The van der Waals surface area contributed by atoms with Gasteiger partial charge in [0.1, 0.15) is 5.82 Å². The molecule has 0 atom stereocenters. The molecule has 1 aliphatic rings. The standard InChI is InChI=1S/C21H23N5O3/c1-2-26-17-6-5-15(12-16(17)24-20(28)21(26)29)19(27)23-13-14-7-8-22-18(11-14)25-9-3-4-10-25/h5-8,11-12H,2-4,9-10,13H2,1H3,(H,23,27)(H,24,28). The molecule has 0 saturated carbocycles. The number of nitrogens with one attached hydrogen (secondary N) is 2. The van der Waals surface area contributed by atoms with Crippen LogP contribution in [-0.4, -0.2) is 33.5 Å². The third-order valence-electron chi connectivity index (χ3n) is 5.25. The van der Waals surface area contributed by atoms with Gasteiger partial charge in [0.2, 0.25) is 0 Å². The number of nitrogens with zero attached hydrogens (tertiary/aromatic N) is 3. The van der Waals surface area contributed by atoms with Crippen LogP contribution in [0.4, 0.5) is 5.82 Å². The maximum absolute atomic E-state index is 12.6. The predicted molar refractivity (Wildman–Crippen MR) is 111 cm³/mol.